The van der Waals surface area contributed by atoms with Crippen molar-refractivity contribution in [3.8, 4) is 5.75 Å². The van der Waals surface area contributed by atoms with Crippen LogP contribution in [0.2, 0.25) is 0 Å². The molecule has 0 aliphatic rings. The summed E-state index contributed by atoms with van der Waals surface area (Å²) in [5.74, 6) is -0.733. The first-order valence-electron chi connectivity index (χ1n) is 6.61. The Morgan fingerprint density at radius 2 is 2.04 bits per heavy atom. The minimum absolute atomic E-state index is 0.0537. The second-order valence-corrected chi connectivity index (χ2v) is 7.36. The van der Waals surface area contributed by atoms with E-state index in [1.54, 1.807) is 0 Å². The molecule has 1 rings (SSSR count). The highest BCUT2D eigenvalue weighted by atomic mass is 32.2. The topological polar surface area (TPSA) is 72.6 Å². The summed E-state index contributed by atoms with van der Waals surface area (Å²) < 4.78 is 69.3. The number of halogens is 3. The van der Waals surface area contributed by atoms with Crippen molar-refractivity contribution in [3.05, 3.63) is 42.0 Å². The second-order valence-electron chi connectivity index (χ2n) is 4.87. The number of ether oxygens (including phenoxy) is 1. The number of benzene rings is 1. The lowest BCUT2D eigenvalue weighted by Crippen LogP contribution is -2.38. The van der Waals surface area contributed by atoms with Gasteiger partial charge in [0.1, 0.15) is 5.75 Å². The van der Waals surface area contributed by atoms with Crippen LogP contribution >= 0.6 is 12.2 Å². The van der Waals surface area contributed by atoms with Gasteiger partial charge in [-0.3, -0.25) is 0 Å². The number of alkyl halides is 3. The van der Waals surface area contributed by atoms with E-state index >= 15 is 0 Å². The van der Waals surface area contributed by atoms with E-state index in [-0.39, 0.29) is 29.4 Å². The fraction of sp³-hybridized carbons (Fsp3) is 0.357. The lowest BCUT2D eigenvalue weighted by molar-refractivity contribution is -0.137. The van der Waals surface area contributed by atoms with Gasteiger partial charge >= 0.3 is 6.18 Å². The number of rotatable bonds is 8. The van der Waals surface area contributed by atoms with Crippen LogP contribution in [-0.2, 0) is 22.0 Å². The van der Waals surface area contributed by atoms with Crippen LogP contribution in [0, 0.1) is 0 Å². The molecule has 0 atom stereocenters. The average Bonchev–Trinajstić information content (AvgIpc) is 2.44. The van der Waals surface area contributed by atoms with E-state index in [9.17, 15) is 21.6 Å². The van der Waals surface area contributed by atoms with Crippen molar-refractivity contribution in [2.75, 3.05) is 20.2 Å². The molecule has 0 spiro atoms. The van der Waals surface area contributed by atoms with Crippen molar-refractivity contribution < 1.29 is 26.3 Å². The van der Waals surface area contributed by atoms with Gasteiger partial charge in [0.15, 0.2) is 0 Å². The number of hydrogen-bond acceptors (Lipinski definition) is 4. The molecule has 0 bridgehead atoms. The van der Waals surface area contributed by atoms with Crippen LogP contribution in [0.5, 0.6) is 5.75 Å². The molecule has 0 unspecified atom stereocenters. The molecule has 24 heavy (non-hydrogen) atoms. The first kappa shape index (κ1) is 20.4. The predicted octanol–water partition coefficient (Wildman–Crippen LogP) is 2.32. The van der Waals surface area contributed by atoms with Crippen LogP contribution in [-0.4, -0.2) is 37.9 Å². The molecule has 0 heterocycles. The largest absolute Gasteiger partial charge is 0.497 e. The summed E-state index contributed by atoms with van der Waals surface area (Å²) in [6.07, 6.45) is -3.28. The summed E-state index contributed by atoms with van der Waals surface area (Å²) in [5.41, 5.74) is 4.32. The van der Waals surface area contributed by atoms with Crippen molar-refractivity contribution in [2.45, 2.75) is 11.9 Å². The molecule has 0 aromatic heterocycles. The van der Waals surface area contributed by atoms with Gasteiger partial charge in [0.25, 0.3) is 0 Å². The van der Waals surface area contributed by atoms with Gasteiger partial charge in [-0.2, -0.15) is 17.5 Å². The Labute approximate surface area is 143 Å². The Morgan fingerprint density at radius 3 is 2.50 bits per heavy atom. The zero-order chi connectivity index (χ0) is 18.5. The summed E-state index contributed by atoms with van der Waals surface area (Å²) >= 11 is 4.70. The van der Waals surface area contributed by atoms with Gasteiger partial charge in [-0.15, -0.1) is 6.58 Å². The third-order valence-corrected chi connectivity index (χ3v) is 4.83. The van der Waals surface area contributed by atoms with E-state index in [0.717, 1.165) is 16.4 Å². The summed E-state index contributed by atoms with van der Waals surface area (Å²) in [7, 11) is -2.75. The van der Waals surface area contributed by atoms with Gasteiger partial charge in [0, 0.05) is 6.54 Å². The maximum atomic E-state index is 12.9. The zero-order valence-corrected chi connectivity index (χ0v) is 14.5. The standard InChI is InChI=1S/C14H17F3N2O3S2/c1-3-4-19(8-13(18)23)24(20,21)9-10-5-11(14(15,16)17)7-12(6-10)22-2/h3,5-7H,1,4,8-9H2,2H3,(H2,18,23). The molecule has 0 radical (unpaired) electrons. The van der Waals surface area contributed by atoms with Gasteiger partial charge in [-0.1, -0.05) is 18.3 Å². The number of methoxy groups -OCH3 is 1. The maximum Gasteiger partial charge on any atom is 0.416 e. The monoisotopic (exact) mass is 382 g/mol. The minimum atomic E-state index is -4.62. The number of thiocarbonyl (C=S) groups is 1. The summed E-state index contributed by atoms with van der Waals surface area (Å²) in [5, 5.41) is 0. The summed E-state index contributed by atoms with van der Waals surface area (Å²) in [4.78, 5) is -0.0537. The highest BCUT2D eigenvalue weighted by molar-refractivity contribution is 7.88. The zero-order valence-electron chi connectivity index (χ0n) is 12.8. The van der Waals surface area contributed by atoms with Crippen LogP contribution < -0.4 is 10.5 Å². The molecule has 2 N–H and O–H groups in total. The lowest BCUT2D eigenvalue weighted by Gasteiger charge is -2.20. The van der Waals surface area contributed by atoms with E-state index in [1.165, 1.54) is 19.3 Å². The second kappa shape index (κ2) is 7.95. The number of nitrogens with zero attached hydrogens (tertiary/aromatic N) is 1. The smallest absolute Gasteiger partial charge is 0.416 e. The van der Waals surface area contributed by atoms with Crippen molar-refractivity contribution >= 4 is 27.2 Å². The van der Waals surface area contributed by atoms with Gasteiger partial charge in [0.2, 0.25) is 10.0 Å². The number of nitrogens with two attached hydrogens (primary N) is 1. The third-order valence-electron chi connectivity index (χ3n) is 2.94. The van der Waals surface area contributed by atoms with Crippen LogP contribution in [0.25, 0.3) is 0 Å². The van der Waals surface area contributed by atoms with E-state index in [4.69, 9.17) is 22.7 Å². The third kappa shape index (κ3) is 5.77. The predicted molar refractivity (Wildman–Crippen MR) is 89.2 cm³/mol. The van der Waals surface area contributed by atoms with Crippen molar-refractivity contribution in [1.29, 1.82) is 0 Å². The molecule has 0 saturated carbocycles. The molecule has 0 amide bonds. The van der Waals surface area contributed by atoms with Crippen LogP contribution in [0.1, 0.15) is 11.1 Å². The van der Waals surface area contributed by atoms with E-state index in [0.29, 0.717) is 0 Å². The Balaban J connectivity index is 3.21. The molecule has 0 saturated heterocycles. The molecule has 0 aliphatic carbocycles. The first-order valence-corrected chi connectivity index (χ1v) is 8.63. The molecule has 5 nitrogen and oxygen atoms in total. The van der Waals surface area contributed by atoms with E-state index in [2.05, 4.69) is 6.58 Å². The fourth-order valence-electron chi connectivity index (χ4n) is 1.92. The van der Waals surface area contributed by atoms with Crippen LogP contribution in [0.3, 0.4) is 0 Å². The maximum absolute atomic E-state index is 12.9. The Morgan fingerprint density at radius 1 is 1.42 bits per heavy atom. The highest BCUT2D eigenvalue weighted by Crippen LogP contribution is 2.33. The summed E-state index contributed by atoms with van der Waals surface area (Å²) in [6.45, 7) is 3.16. The van der Waals surface area contributed by atoms with E-state index < -0.39 is 27.5 Å². The van der Waals surface area contributed by atoms with E-state index in [1.807, 2.05) is 0 Å². The van der Waals surface area contributed by atoms with Crippen LogP contribution in [0.4, 0.5) is 13.2 Å². The van der Waals surface area contributed by atoms with Crippen molar-refractivity contribution in [3.63, 3.8) is 0 Å². The molecule has 1 aromatic carbocycles. The normalized spacial score (nSPS) is 12.2. The molecule has 1 aromatic rings. The number of hydrogen-bond donors (Lipinski definition) is 1. The molecular weight excluding hydrogens is 365 g/mol. The average molecular weight is 382 g/mol. The fourth-order valence-corrected chi connectivity index (χ4v) is 3.60. The van der Waals surface area contributed by atoms with Gasteiger partial charge in [-0.05, 0) is 23.8 Å². The van der Waals surface area contributed by atoms with Crippen molar-refractivity contribution in [2.24, 2.45) is 5.73 Å². The Kier molecular flexibility index (Phi) is 6.76. The van der Waals surface area contributed by atoms with Gasteiger partial charge in [-0.25, -0.2) is 8.42 Å². The highest BCUT2D eigenvalue weighted by Gasteiger charge is 2.32. The lowest BCUT2D eigenvalue weighted by atomic mass is 10.1. The van der Waals surface area contributed by atoms with Gasteiger partial charge < -0.3 is 10.5 Å². The van der Waals surface area contributed by atoms with Crippen molar-refractivity contribution in [1.82, 2.24) is 4.31 Å². The van der Waals surface area contributed by atoms with Crippen LogP contribution in [0.15, 0.2) is 30.9 Å². The first-order chi connectivity index (χ1) is 11.0. The summed E-state index contributed by atoms with van der Waals surface area (Å²) in [6, 6.07) is 2.80. The van der Waals surface area contributed by atoms with Gasteiger partial charge in [0.05, 0.1) is 30.0 Å². The molecule has 10 heteroatoms. The Hall–Kier alpha value is -1.65. The molecule has 0 fully saturated rings. The molecular formula is C14H17F3N2O3S2. The molecule has 134 valence electrons. The molecule has 0 aliphatic heterocycles. The quantitative estimate of drug-likeness (QED) is 0.552. The number of sulfonamides is 1. The SMILES string of the molecule is C=CCN(CC(N)=S)S(=O)(=O)Cc1cc(OC)cc(C(F)(F)F)c1. The Bertz CT molecular complexity index is 718. The minimum Gasteiger partial charge on any atom is -0.497 e.